The van der Waals surface area contributed by atoms with Crippen LogP contribution in [0.25, 0.3) is 0 Å². The highest BCUT2D eigenvalue weighted by molar-refractivity contribution is 6.09. The first-order chi connectivity index (χ1) is 7.58. The summed E-state index contributed by atoms with van der Waals surface area (Å²) in [5, 5.41) is 6.18. The van der Waals surface area contributed by atoms with Crippen molar-refractivity contribution in [1.29, 1.82) is 0 Å². The van der Waals surface area contributed by atoms with Gasteiger partial charge in [0.1, 0.15) is 5.54 Å². The first kappa shape index (κ1) is 11.4. The van der Waals surface area contributed by atoms with Gasteiger partial charge in [-0.3, -0.25) is 15.1 Å². The highest BCUT2D eigenvalue weighted by atomic mass is 16.2. The number of amides is 1. The van der Waals surface area contributed by atoms with Crippen molar-refractivity contribution in [2.24, 2.45) is 16.8 Å². The molecule has 90 valence electrons. The molecule has 1 saturated carbocycles. The van der Waals surface area contributed by atoms with Crippen molar-refractivity contribution in [3.8, 4) is 0 Å². The minimum absolute atomic E-state index is 0.110. The van der Waals surface area contributed by atoms with Crippen molar-refractivity contribution >= 4 is 11.9 Å². The number of nitrogens with one attached hydrogen (secondary N) is 2. The third kappa shape index (κ3) is 1.70. The van der Waals surface area contributed by atoms with Crippen LogP contribution in [0.5, 0.6) is 0 Å². The zero-order valence-electron chi connectivity index (χ0n) is 10.3. The molecule has 1 aliphatic heterocycles. The molecule has 2 N–H and O–H groups in total. The van der Waals surface area contributed by atoms with Gasteiger partial charge in [-0.05, 0) is 38.0 Å². The Hall–Kier alpha value is -1.06. The number of guanidine groups is 1. The van der Waals surface area contributed by atoms with Crippen molar-refractivity contribution in [2.75, 3.05) is 6.54 Å². The Balaban J connectivity index is 2.19. The van der Waals surface area contributed by atoms with Gasteiger partial charge in [-0.2, -0.15) is 0 Å². The highest BCUT2D eigenvalue weighted by Gasteiger charge is 2.50. The molecular weight excluding hydrogens is 202 g/mol. The lowest BCUT2D eigenvalue weighted by Crippen LogP contribution is -2.54. The van der Waals surface area contributed by atoms with Crippen LogP contribution in [0.4, 0.5) is 0 Å². The van der Waals surface area contributed by atoms with Crippen molar-refractivity contribution in [3.05, 3.63) is 0 Å². The fraction of sp³-hybridized carbons (Fsp3) is 0.833. The summed E-state index contributed by atoms with van der Waals surface area (Å²) in [6, 6.07) is 0. The van der Waals surface area contributed by atoms with Gasteiger partial charge in [0.15, 0.2) is 5.96 Å². The number of carbonyl (C=O) groups excluding carboxylic acids is 1. The molecule has 4 nitrogen and oxygen atoms in total. The molecule has 1 spiro atoms. The highest BCUT2D eigenvalue weighted by Crippen LogP contribution is 2.38. The molecule has 0 aromatic carbocycles. The average Bonchev–Trinajstić information content (AvgIpc) is 2.52. The van der Waals surface area contributed by atoms with Gasteiger partial charge < -0.3 is 5.32 Å². The zero-order valence-corrected chi connectivity index (χ0v) is 10.3. The van der Waals surface area contributed by atoms with E-state index in [4.69, 9.17) is 0 Å². The van der Waals surface area contributed by atoms with E-state index in [1.807, 2.05) is 6.92 Å². The Kier molecular flexibility index (Phi) is 2.91. The normalized spacial score (nSPS) is 41.2. The van der Waals surface area contributed by atoms with Crippen LogP contribution >= 0.6 is 0 Å². The van der Waals surface area contributed by atoms with Crippen LogP contribution < -0.4 is 10.6 Å². The summed E-state index contributed by atoms with van der Waals surface area (Å²) in [7, 11) is 0. The Bertz CT molecular complexity index is 326. The van der Waals surface area contributed by atoms with Crippen molar-refractivity contribution in [2.45, 2.75) is 45.6 Å². The third-order valence-electron chi connectivity index (χ3n) is 3.92. The van der Waals surface area contributed by atoms with Gasteiger partial charge in [-0.25, -0.2) is 0 Å². The molecule has 1 heterocycles. The summed E-state index contributed by atoms with van der Waals surface area (Å²) in [4.78, 5) is 16.3. The number of rotatable bonds is 1. The van der Waals surface area contributed by atoms with Gasteiger partial charge in [0, 0.05) is 6.54 Å². The van der Waals surface area contributed by atoms with E-state index in [-0.39, 0.29) is 11.4 Å². The van der Waals surface area contributed by atoms with E-state index in [0.717, 1.165) is 25.2 Å². The third-order valence-corrected chi connectivity index (χ3v) is 3.92. The second kappa shape index (κ2) is 4.07. The van der Waals surface area contributed by atoms with Gasteiger partial charge in [0.25, 0.3) is 5.91 Å². The van der Waals surface area contributed by atoms with Crippen LogP contribution in [0.1, 0.15) is 40.0 Å². The number of nitrogens with zero attached hydrogens (tertiary/aromatic N) is 1. The van der Waals surface area contributed by atoms with E-state index in [1.54, 1.807) is 0 Å². The molecular formula is C12H21N3O. The fourth-order valence-electron chi connectivity index (χ4n) is 2.92. The summed E-state index contributed by atoms with van der Waals surface area (Å²) < 4.78 is 0. The molecule has 1 aliphatic carbocycles. The maximum Gasteiger partial charge on any atom is 0.252 e. The zero-order chi connectivity index (χ0) is 11.8. The van der Waals surface area contributed by atoms with Crippen LogP contribution in [-0.2, 0) is 4.79 Å². The predicted molar refractivity (Wildman–Crippen MR) is 64.2 cm³/mol. The molecule has 16 heavy (non-hydrogen) atoms. The van der Waals surface area contributed by atoms with Crippen LogP contribution in [0.15, 0.2) is 4.99 Å². The van der Waals surface area contributed by atoms with Gasteiger partial charge in [0.2, 0.25) is 0 Å². The van der Waals surface area contributed by atoms with Gasteiger partial charge in [-0.1, -0.05) is 13.8 Å². The molecule has 4 heteroatoms. The van der Waals surface area contributed by atoms with Crippen molar-refractivity contribution in [1.82, 2.24) is 10.6 Å². The van der Waals surface area contributed by atoms with Gasteiger partial charge in [-0.15, -0.1) is 0 Å². The maximum absolute atomic E-state index is 12.1. The van der Waals surface area contributed by atoms with E-state index in [1.165, 1.54) is 0 Å². The van der Waals surface area contributed by atoms with Gasteiger partial charge in [0.05, 0.1) is 0 Å². The fourth-order valence-corrected chi connectivity index (χ4v) is 2.92. The van der Waals surface area contributed by atoms with E-state index >= 15 is 0 Å². The SMILES string of the molecule is CCN=C1NC(=O)C2(CCC(C)CC2C)N1. The van der Waals surface area contributed by atoms with Crippen LogP contribution in [-0.4, -0.2) is 24.0 Å². The quantitative estimate of drug-likeness (QED) is 0.703. The van der Waals surface area contributed by atoms with E-state index in [2.05, 4.69) is 29.5 Å². The van der Waals surface area contributed by atoms with Crippen molar-refractivity contribution < 1.29 is 4.79 Å². The number of hydrogen-bond acceptors (Lipinski definition) is 2. The average molecular weight is 223 g/mol. The largest absolute Gasteiger partial charge is 0.341 e. The first-order valence-electron chi connectivity index (χ1n) is 6.22. The molecule has 2 fully saturated rings. The van der Waals surface area contributed by atoms with Crippen LogP contribution in [0.2, 0.25) is 0 Å². The topological polar surface area (TPSA) is 53.5 Å². The van der Waals surface area contributed by atoms with Crippen LogP contribution in [0, 0.1) is 11.8 Å². The predicted octanol–water partition coefficient (Wildman–Crippen LogP) is 1.28. The molecule has 2 aliphatic rings. The number of aliphatic imine (C=N–C) groups is 1. The number of carbonyl (C=O) groups is 1. The Morgan fingerprint density at radius 2 is 2.25 bits per heavy atom. The second-order valence-electron chi connectivity index (χ2n) is 5.15. The minimum Gasteiger partial charge on any atom is -0.341 e. The smallest absolute Gasteiger partial charge is 0.252 e. The monoisotopic (exact) mass is 223 g/mol. The van der Waals surface area contributed by atoms with E-state index in [0.29, 0.717) is 18.4 Å². The molecule has 3 unspecified atom stereocenters. The van der Waals surface area contributed by atoms with Crippen LogP contribution in [0.3, 0.4) is 0 Å². The Labute approximate surface area is 96.9 Å². The molecule has 1 amide bonds. The summed E-state index contributed by atoms with van der Waals surface area (Å²) in [6.07, 6.45) is 3.15. The lowest BCUT2D eigenvalue weighted by atomic mass is 9.70. The van der Waals surface area contributed by atoms with Crippen molar-refractivity contribution in [3.63, 3.8) is 0 Å². The Morgan fingerprint density at radius 1 is 1.50 bits per heavy atom. The molecule has 0 bridgehead atoms. The summed E-state index contributed by atoms with van der Waals surface area (Å²) in [6.45, 7) is 7.09. The molecule has 0 aromatic rings. The lowest BCUT2D eigenvalue weighted by Gasteiger charge is -2.39. The molecule has 2 rings (SSSR count). The number of hydrogen-bond donors (Lipinski definition) is 2. The van der Waals surface area contributed by atoms with Gasteiger partial charge >= 0.3 is 0 Å². The summed E-state index contributed by atoms with van der Waals surface area (Å²) in [5.74, 6) is 1.87. The summed E-state index contributed by atoms with van der Waals surface area (Å²) in [5.41, 5.74) is -0.388. The molecule has 0 radical (unpaired) electrons. The standard InChI is InChI=1S/C12H21N3O/c1-4-13-11-14-10(16)12(15-11)6-5-8(2)7-9(12)3/h8-9H,4-7H2,1-3H3,(H2,13,14,15,16). The first-order valence-corrected chi connectivity index (χ1v) is 6.22. The minimum atomic E-state index is -0.388. The molecule has 3 atom stereocenters. The maximum atomic E-state index is 12.1. The lowest BCUT2D eigenvalue weighted by molar-refractivity contribution is -0.127. The summed E-state index contributed by atoms with van der Waals surface area (Å²) >= 11 is 0. The van der Waals surface area contributed by atoms with E-state index < -0.39 is 0 Å². The Morgan fingerprint density at radius 3 is 2.88 bits per heavy atom. The molecule has 0 aromatic heterocycles. The van der Waals surface area contributed by atoms with E-state index in [9.17, 15) is 4.79 Å². The molecule has 1 saturated heterocycles. The second-order valence-corrected chi connectivity index (χ2v) is 5.15.